The Bertz CT molecular complexity index is 1300. The number of aryl methyl sites for hydroxylation is 3. The first kappa shape index (κ1) is 22.8. The molecule has 0 aromatic carbocycles. The highest BCUT2D eigenvalue weighted by Crippen LogP contribution is 2.66. The lowest BCUT2D eigenvalue weighted by Crippen LogP contribution is -2.35. The van der Waals surface area contributed by atoms with Crippen molar-refractivity contribution in [2.24, 2.45) is 11.8 Å². The van der Waals surface area contributed by atoms with Crippen molar-refractivity contribution >= 4 is 11.0 Å². The van der Waals surface area contributed by atoms with Gasteiger partial charge >= 0.3 is 6.18 Å². The molecule has 184 valence electrons. The lowest BCUT2D eigenvalue weighted by molar-refractivity contribution is -0.180. The molecule has 1 aliphatic heterocycles. The summed E-state index contributed by atoms with van der Waals surface area (Å²) in [5, 5.41) is 0. The molecule has 3 atom stereocenters. The molecule has 5 nitrogen and oxygen atoms in total. The summed E-state index contributed by atoms with van der Waals surface area (Å²) in [6.07, 6.45) is 0.328. The molecule has 3 aliphatic carbocycles. The standard InChI is InChI=1S/C27H29F3N4O/c1-14-8-18(4-6-31-14)23-9-17(5-7-35-23)21-10-22-24(33-16(3)15(2)32-22)25(34-21)26-11-19(12-26)20(13-26)27(28,29)30/h4,6,8,10,17,19-20,23H,5,7,9,11-13H2,1-3H3/t17-,19?,20?,23+,26?/m0/s1. The topological polar surface area (TPSA) is 60.8 Å². The highest BCUT2D eigenvalue weighted by atomic mass is 19.4. The molecular formula is C27H29F3N4O. The Morgan fingerprint density at radius 2 is 1.77 bits per heavy atom. The van der Waals surface area contributed by atoms with Gasteiger partial charge in [-0.3, -0.25) is 9.97 Å². The fourth-order valence-corrected chi connectivity index (χ4v) is 6.55. The molecule has 35 heavy (non-hydrogen) atoms. The number of fused-ring (bicyclic) bond motifs is 2. The number of nitrogens with zero attached hydrogens (tertiary/aromatic N) is 4. The molecule has 0 amide bonds. The number of hydrogen-bond donors (Lipinski definition) is 0. The number of ether oxygens (including phenoxy) is 1. The second-order valence-corrected chi connectivity index (χ2v) is 10.8. The van der Waals surface area contributed by atoms with E-state index >= 15 is 0 Å². The minimum atomic E-state index is -4.16. The third-order valence-corrected chi connectivity index (χ3v) is 8.49. The van der Waals surface area contributed by atoms with E-state index in [0.717, 1.165) is 52.4 Å². The van der Waals surface area contributed by atoms with E-state index in [0.29, 0.717) is 25.0 Å². The molecular weight excluding hydrogens is 453 g/mol. The van der Waals surface area contributed by atoms with E-state index in [1.165, 1.54) is 0 Å². The zero-order valence-corrected chi connectivity index (χ0v) is 20.2. The summed E-state index contributed by atoms with van der Waals surface area (Å²) in [5.74, 6) is -1.41. The van der Waals surface area contributed by atoms with Crippen molar-refractivity contribution in [1.82, 2.24) is 19.9 Å². The second-order valence-electron chi connectivity index (χ2n) is 10.8. The predicted octanol–water partition coefficient (Wildman–Crippen LogP) is 6.21. The van der Waals surface area contributed by atoms with Gasteiger partial charge in [-0.2, -0.15) is 13.2 Å². The van der Waals surface area contributed by atoms with Gasteiger partial charge in [0.1, 0.15) is 5.52 Å². The Labute approximate surface area is 202 Å². The first-order chi connectivity index (χ1) is 16.6. The van der Waals surface area contributed by atoms with Gasteiger partial charge in [-0.05, 0) is 82.6 Å². The number of hydrogen-bond acceptors (Lipinski definition) is 5. The smallest absolute Gasteiger partial charge is 0.373 e. The first-order valence-corrected chi connectivity index (χ1v) is 12.4. The third kappa shape index (κ3) is 3.81. The van der Waals surface area contributed by atoms with Crippen LogP contribution in [-0.4, -0.2) is 32.7 Å². The van der Waals surface area contributed by atoms with Crippen molar-refractivity contribution in [2.45, 2.75) is 76.5 Å². The molecule has 0 radical (unpaired) electrons. The molecule has 1 unspecified atom stereocenters. The molecule has 0 N–H and O–H groups in total. The number of halogens is 3. The number of aromatic nitrogens is 4. The SMILES string of the molecule is Cc1cc([C@H]2C[C@@H](c3cc4nc(C)c(C)nc4c(C45CC(C4)C(C(F)(F)F)C5)n3)CCO2)ccn1. The van der Waals surface area contributed by atoms with Crippen molar-refractivity contribution in [1.29, 1.82) is 0 Å². The van der Waals surface area contributed by atoms with Gasteiger partial charge in [-0.15, -0.1) is 0 Å². The molecule has 2 bridgehead atoms. The van der Waals surface area contributed by atoms with Crippen LogP contribution < -0.4 is 0 Å². The van der Waals surface area contributed by atoms with E-state index < -0.39 is 17.5 Å². The quantitative estimate of drug-likeness (QED) is 0.444. The van der Waals surface area contributed by atoms with Crippen LogP contribution in [0.15, 0.2) is 24.4 Å². The van der Waals surface area contributed by atoms with E-state index in [1.807, 2.05) is 39.0 Å². The van der Waals surface area contributed by atoms with Crippen LogP contribution in [-0.2, 0) is 10.2 Å². The largest absolute Gasteiger partial charge is 0.392 e. The van der Waals surface area contributed by atoms with Gasteiger partial charge in [0.2, 0.25) is 0 Å². The van der Waals surface area contributed by atoms with Crippen LogP contribution in [0, 0.1) is 32.6 Å². The Morgan fingerprint density at radius 3 is 2.49 bits per heavy atom. The van der Waals surface area contributed by atoms with Crippen LogP contribution in [0.2, 0.25) is 0 Å². The van der Waals surface area contributed by atoms with Gasteiger partial charge < -0.3 is 4.74 Å². The summed E-state index contributed by atoms with van der Waals surface area (Å²) >= 11 is 0. The summed E-state index contributed by atoms with van der Waals surface area (Å²) in [5.41, 5.74) is 6.16. The normalized spacial score (nSPS) is 30.5. The Hall–Kier alpha value is -2.61. The summed E-state index contributed by atoms with van der Waals surface area (Å²) in [7, 11) is 0. The van der Waals surface area contributed by atoms with Crippen molar-refractivity contribution < 1.29 is 17.9 Å². The van der Waals surface area contributed by atoms with Gasteiger partial charge in [-0.1, -0.05) is 0 Å². The average molecular weight is 483 g/mol. The minimum Gasteiger partial charge on any atom is -0.373 e. The average Bonchev–Trinajstić information content (AvgIpc) is 3.38. The monoisotopic (exact) mass is 482 g/mol. The van der Waals surface area contributed by atoms with E-state index in [1.54, 1.807) is 6.20 Å². The summed E-state index contributed by atoms with van der Waals surface area (Å²) in [6.45, 7) is 6.39. The van der Waals surface area contributed by atoms with Gasteiger partial charge in [0.15, 0.2) is 0 Å². The third-order valence-electron chi connectivity index (χ3n) is 8.49. The van der Waals surface area contributed by atoms with Crippen LogP contribution >= 0.6 is 0 Å². The van der Waals surface area contributed by atoms with E-state index in [9.17, 15) is 13.2 Å². The summed E-state index contributed by atoms with van der Waals surface area (Å²) < 4.78 is 47.2. The van der Waals surface area contributed by atoms with E-state index in [-0.39, 0.29) is 24.4 Å². The molecule has 7 rings (SSSR count). The predicted molar refractivity (Wildman–Crippen MR) is 125 cm³/mol. The Balaban J connectivity index is 1.41. The van der Waals surface area contributed by atoms with Crippen molar-refractivity contribution in [3.05, 3.63) is 58.4 Å². The molecule has 0 spiro atoms. The number of rotatable bonds is 3. The van der Waals surface area contributed by atoms with Crippen LogP contribution in [0.5, 0.6) is 0 Å². The van der Waals surface area contributed by atoms with Crippen molar-refractivity contribution in [3.8, 4) is 0 Å². The maximum Gasteiger partial charge on any atom is 0.392 e. The molecule has 4 aliphatic rings. The van der Waals surface area contributed by atoms with Crippen LogP contribution in [0.3, 0.4) is 0 Å². The van der Waals surface area contributed by atoms with Gasteiger partial charge in [0, 0.05) is 35.5 Å². The number of pyridine rings is 2. The molecule has 3 aromatic heterocycles. The van der Waals surface area contributed by atoms with Crippen molar-refractivity contribution in [3.63, 3.8) is 0 Å². The van der Waals surface area contributed by atoms with Crippen LogP contribution in [0.4, 0.5) is 13.2 Å². The summed E-state index contributed by atoms with van der Waals surface area (Å²) in [4.78, 5) is 19.0. The molecule has 8 heteroatoms. The Morgan fingerprint density at radius 1 is 1.00 bits per heavy atom. The lowest BCUT2D eigenvalue weighted by atomic mass is 9.66. The van der Waals surface area contributed by atoms with Crippen LogP contribution in [0.1, 0.15) is 78.2 Å². The highest BCUT2D eigenvalue weighted by Gasteiger charge is 2.65. The molecule has 1 saturated heterocycles. The fourth-order valence-electron chi connectivity index (χ4n) is 6.55. The highest BCUT2D eigenvalue weighted by molar-refractivity contribution is 5.79. The lowest BCUT2D eigenvalue weighted by Gasteiger charge is -2.39. The molecule has 3 saturated carbocycles. The summed E-state index contributed by atoms with van der Waals surface area (Å²) in [6, 6.07) is 6.04. The van der Waals surface area contributed by atoms with Crippen molar-refractivity contribution in [2.75, 3.05) is 6.61 Å². The molecule has 4 heterocycles. The Kier molecular flexibility index (Phi) is 5.18. The van der Waals surface area contributed by atoms with Crippen LogP contribution in [0.25, 0.3) is 11.0 Å². The molecule has 3 aromatic rings. The van der Waals surface area contributed by atoms with Gasteiger partial charge in [0.05, 0.1) is 34.6 Å². The zero-order valence-electron chi connectivity index (χ0n) is 20.2. The fraction of sp³-hybridized carbons (Fsp3) is 0.556. The maximum absolute atomic E-state index is 13.7. The minimum absolute atomic E-state index is 0.0606. The van der Waals surface area contributed by atoms with E-state index in [4.69, 9.17) is 19.7 Å². The van der Waals surface area contributed by atoms with E-state index in [2.05, 4.69) is 4.98 Å². The van der Waals surface area contributed by atoms with Gasteiger partial charge in [0.25, 0.3) is 0 Å². The van der Waals surface area contributed by atoms with Gasteiger partial charge in [-0.25, -0.2) is 9.97 Å². The zero-order chi connectivity index (χ0) is 24.5. The first-order valence-electron chi connectivity index (χ1n) is 12.4. The second kappa shape index (κ2) is 7.95. The maximum atomic E-state index is 13.7. The number of alkyl halides is 3. The molecule has 4 fully saturated rings.